The highest BCUT2D eigenvalue weighted by atomic mass is 16.3. The molecule has 0 saturated heterocycles. The predicted molar refractivity (Wildman–Crippen MR) is 130 cm³/mol. The molecule has 0 radical (unpaired) electrons. The summed E-state index contributed by atoms with van der Waals surface area (Å²) in [7, 11) is 0. The third kappa shape index (κ3) is 4.31. The molecular formula is C29H52O. The van der Waals surface area contributed by atoms with Crippen LogP contribution in [0.25, 0.3) is 0 Å². The lowest BCUT2D eigenvalue weighted by Gasteiger charge is -2.58. The van der Waals surface area contributed by atoms with Gasteiger partial charge in [-0.1, -0.05) is 79.4 Å². The van der Waals surface area contributed by atoms with Crippen LogP contribution < -0.4 is 0 Å². The maximum atomic E-state index is 10.2. The monoisotopic (exact) mass is 416 g/mol. The topological polar surface area (TPSA) is 20.2 Å². The molecule has 0 aromatic rings. The quantitative estimate of drug-likeness (QED) is 0.446. The van der Waals surface area contributed by atoms with Gasteiger partial charge in [0.05, 0.1) is 6.10 Å². The Kier molecular flexibility index (Phi) is 7.85. The molecule has 3 fully saturated rings. The third-order valence-corrected chi connectivity index (χ3v) is 10.3. The van der Waals surface area contributed by atoms with Crippen LogP contribution in [0.3, 0.4) is 0 Å². The lowest BCUT2D eigenvalue weighted by molar-refractivity contribution is -0.0573. The van der Waals surface area contributed by atoms with Crippen LogP contribution in [0.5, 0.6) is 0 Å². The third-order valence-electron chi connectivity index (χ3n) is 10.3. The zero-order valence-electron chi connectivity index (χ0n) is 21.3. The number of rotatable bonds is 5. The van der Waals surface area contributed by atoms with E-state index in [0.717, 1.165) is 48.3 Å². The summed E-state index contributed by atoms with van der Waals surface area (Å²) in [6, 6.07) is 0. The molecule has 0 amide bonds. The number of fused-ring (bicyclic) bond motifs is 5. The van der Waals surface area contributed by atoms with Crippen LogP contribution in [0.4, 0.5) is 0 Å². The van der Waals surface area contributed by atoms with Gasteiger partial charge >= 0.3 is 0 Å². The van der Waals surface area contributed by atoms with Gasteiger partial charge in [0, 0.05) is 0 Å². The minimum Gasteiger partial charge on any atom is -0.393 e. The summed E-state index contributed by atoms with van der Waals surface area (Å²) in [5.41, 5.74) is 2.60. The second kappa shape index (κ2) is 9.68. The summed E-state index contributed by atoms with van der Waals surface area (Å²) in [5.74, 6) is 5.46. The molecule has 0 heterocycles. The Bertz CT molecular complexity index is 591. The average Bonchev–Trinajstić information content (AvgIpc) is 3.07. The molecule has 3 saturated carbocycles. The maximum absolute atomic E-state index is 10.2. The van der Waals surface area contributed by atoms with E-state index in [1.807, 2.05) is 13.8 Å². The van der Waals surface area contributed by atoms with Gasteiger partial charge in [-0.2, -0.15) is 0 Å². The Hall–Kier alpha value is -0.300. The maximum Gasteiger partial charge on any atom is 0.0577 e. The highest BCUT2D eigenvalue weighted by Crippen LogP contribution is 2.67. The molecule has 1 N–H and O–H groups in total. The fourth-order valence-corrected chi connectivity index (χ4v) is 8.67. The summed E-state index contributed by atoms with van der Waals surface area (Å²) in [6.07, 6.45) is 17.2. The van der Waals surface area contributed by atoms with Crippen molar-refractivity contribution >= 4 is 0 Å². The van der Waals surface area contributed by atoms with Crippen molar-refractivity contribution in [1.29, 1.82) is 0 Å². The van der Waals surface area contributed by atoms with Gasteiger partial charge in [0.1, 0.15) is 0 Å². The first-order valence-electron chi connectivity index (χ1n) is 13.6. The fourth-order valence-electron chi connectivity index (χ4n) is 8.67. The van der Waals surface area contributed by atoms with Crippen LogP contribution in [0.1, 0.15) is 119 Å². The van der Waals surface area contributed by atoms with Gasteiger partial charge in [-0.05, 0) is 97.7 Å². The SMILES string of the molecule is CC.CC(C)CCC[C@@H](C)[C@H]1CC[C@H]2C3CC=C4CC(O)CCC4(C)[C@H]3CCC12C. The van der Waals surface area contributed by atoms with Crippen molar-refractivity contribution < 1.29 is 5.11 Å². The van der Waals surface area contributed by atoms with Gasteiger partial charge in [-0.25, -0.2) is 0 Å². The summed E-state index contributed by atoms with van der Waals surface area (Å²) in [6.45, 7) is 16.6. The van der Waals surface area contributed by atoms with Crippen molar-refractivity contribution in [1.82, 2.24) is 0 Å². The first kappa shape index (κ1) is 24.3. The molecule has 1 heteroatoms. The standard InChI is InChI=1S/C27H46O.C2H6/c1-18(2)7-6-8-19(3)23-11-12-24-22-10-9-20-17-21(28)13-15-26(20,4)25(22)14-16-27(23,24)5;1-2/h9,18-19,21-25,28H,6-8,10-17H2,1-5H3;1-2H3/t19-,21?,22?,23-,24+,25+,26?,27?;/m1./s1. The lowest BCUT2D eigenvalue weighted by Crippen LogP contribution is -2.50. The van der Waals surface area contributed by atoms with E-state index >= 15 is 0 Å². The van der Waals surface area contributed by atoms with Crippen molar-refractivity contribution in [3.63, 3.8) is 0 Å². The largest absolute Gasteiger partial charge is 0.393 e. The van der Waals surface area contributed by atoms with E-state index in [4.69, 9.17) is 0 Å². The van der Waals surface area contributed by atoms with E-state index in [0.29, 0.717) is 10.8 Å². The molecule has 0 bridgehead atoms. The number of aliphatic hydroxyl groups is 1. The summed E-state index contributed by atoms with van der Waals surface area (Å²) in [4.78, 5) is 0. The molecule has 0 spiro atoms. The molecule has 174 valence electrons. The van der Waals surface area contributed by atoms with E-state index in [-0.39, 0.29) is 6.10 Å². The molecule has 4 rings (SSSR count). The van der Waals surface area contributed by atoms with E-state index in [1.54, 1.807) is 5.57 Å². The van der Waals surface area contributed by atoms with Crippen molar-refractivity contribution in [2.75, 3.05) is 0 Å². The van der Waals surface area contributed by atoms with Gasteiger partial charge in [0.25, 0.3) is 0 Å². The van der Waals surface area contributed by atoms with Crippen LogP contribution in [-0.2, 0) is 0 Å². The zero-order chi connectivity index (χ0) is 22.1. The van der Waals surface area contributed by atoms with Crippen molar-refractivity contribution in [2.24, 2.45) is 46.3 Å². The molecule has 0 aromatic carbocycles. The molecule has 1 nitrogen and oxygen atoms in total. The summed E-state index contributed by atoms with van der Waals surface area (Å²) in [5, 5.41) is 10.2. The number of hydrogen-bond acceptors (Lipinski definition) is 1. The molecule has 4 aliphatic carbocycles. The van der Waals surface area contributed by atoms with Gasteiger partial charge in [-0.3, -0.25) is 0 Å². The molecule has 4 aliphatic rings. The summed E-state index contributed by atoms with van der Waals surface area (Å²) < 4.78 is 0. The molecule has 30 heavy (non-hydrogen) atoms. The van der Waals surface area contributed by atoms with Crippen LogP contribution in [0.15, 0.2) is 11.6 Å². The Morgan fingerprint density at radius 2 is 1.70 bits per heavy atom. The van der Waals surface area contributed by atoms with Crippen molar-refractivity contribution in [3.8, 4) is 0 Å². The van der Waals surface area contributed by atoms with E-state index in [2.05, 4.69) is 40.7 Å². The van der Waals surface area contributed by atoms with Gasteiger partial charge in [0.15, 0.2) is 0 Å². The minimum absolute atomic E-state index is 0.0766. The van der Waals surface area contributed by atoms with Gasteiger partial charge in [-0.15, -0.1) is 0 Å². The first-order valence-corrected chi connectivity index (χ1v) is 13.6. The van der Waals surface area contributed by atoms with Crippen LogP contribution in [-0.4, -0.2) is 11.2 Å². The highest BCUT2D eigenvalue weighted by Gasteiger charge is 2.59. The second-order valence-corrected chi connectivity index (χ2v) is 12.2. The Morgan fingerprint density at radius 1 is 0.967 bits per heavy atom. The fraction of sp³-hybridized carbons (Fsp3) is 0.931. The van der Waals surface area contributed by atoms with E-state index < -0.39 is 0 Å². The predicted octanol–water partition coefficient (Wildman–Crippen LogP) is 8.41. The molecule has 4 unspecified atom stereocenters. The lowest BCUT2D eigenvalue weighted by atomic mass is 9.47. The Balaban J connectivity index is 0.00000124. The van der Waals surface area contributed by atoms with Crippen LogP contribution in [0.2, 0.25) is 0 Å². The number of aliphatic hydroxyl groups excluding tert-OH is 1. The minimum atomic E-state index is -0.0766. The highest BCUT2D eigenvalue weighted by molar-refractivity contribution is 5.25. The van der Waals surface area contributed by atoms with Crippen molar-refractivity contribution in [3.05, 3.63) is 11.6 Å². The molecule has 8 atom stereocenters. The van der Waals surface area contributed by atoms with Crippen molar-refractivity contribution in [2.45, 2.75) is 125 Å². The van der Waals surface area contributed by atoms with Crippen LogP contribution >= 0.6 is 0 Å². The normalized spacial score (nSPS) is 43.6. The molecule has 0 aromatic heterocycles. The second-order valence-electron chi connectivity index (χ2n) is 12.2. The van der Waals surface area contributed by atoms with Crippen LogP contribution in [0, 0.1) is 46.3 Å². The Morgan fingerprint density at radius 3 is 2.40 bits per heavy atom. The smallest absolute Gasteiger partial charge is 0.0577 e. The number of hydrogen-bond donors (Lipinski definition) is 1. The summed E-state index contributed by atoms with van der Waals surface area (Å²) >= 11 is 0. The molecule has 0 aliphatic heterocycles. The zero-order valence-corrected chi connectivity index (χ0v) is 21.3. The Labute approximate surface area is 188 Å². The van der Waals surface area contributed by atoms with Gasteiger partial charge < -0.3 is 5.11 Å². The average molecular weight is 417 g/mol. The van der Waals surface area contributed by atoms with E-state index in [1.165, 1.54) is 57.8 Å². The molecular weight excluding hydrogens is 364 g/mol. The van der Waals surface area contributed by atoms with E-state index in [9.17, 15) is 5.11 Å². The number of allylic oxidation sites excluding steroid dienone is 1. The first-order chi connectivity index (χ1) is 14.3. The van der Waals surface area contributed by atoms with Gasteiger partial charge in [0.2, 0.25) is 0 Å².